The Labute approximate surface area is 78.5 Å². The highest BCUT2D eigenvalue weighted by Gasteiger charge is 2.11. The lowest BCUT2D eigenvalue weighted by Gasteiger charge is -2.03. The number of hydrazine groups is 1. The number of carbonyl (C=O) groups is 1. The van der Waals surface area contributed by atoms with E-state index in [-0.39, 0.29) is 11.4 Å². The van der Waals surface area contributed by atoms with E-state index < -0.39 is 5.97 Å². The third-order valence-electron chi connectivity index (χ3n) is 1.32. The molecule has 0 aromatic carbocycles. The van der Waals surface area contributed by atoms with Crippen molar-refractivity contribution in [1.82, 2.24) is 9.97 Å². The van der Waals surface area contributed by atoms with Crippen molar-refractivity contribution >= 4 is 23.5 Å². The van der Waals surface area contributed by atoms with Crippen LogP contribution in [0.5, 0.6) is 0 Å². The van der Waals surface area contributed by atoms with Crippen LogP contribution in [0.15, 0.2) is 11.4 Å². The lowest BCUT2D eigenvalue weighted by molar-refractivity contribution is 0.0697. The Morgan fingerprint density at radius 3 is 2.92 bits per heavy atom. The van der Waals surface area contributed by atoms with Gasteiger partial charge in [-0.1, -0.05) is 11.8 Å². The van der Waals surface area contributed by atoms with Crippen LogP contribution in [0.3, 0.4) is 0 Å². The van der Waals surface area contributed by atoms with Gasteiger partial charge < -0.3 is 10.5 Å². The number of nitrogens with zero attached hydrogens (tertiary/aromatic N) is 2. The maximum Gasteiger partial charge on any atom is 0.341 e. The van der Waals surface area contributed by atoms with Crippen molar-refractivity contribution in [3.8, 4) is 0 Å². The first-order valence-electron chi connectivity index (χ1n) is 3.30. The summed E-state index contributed by atoms with van der Waals surface area (Å²) in [6.07, 6.45) is 3.01. The Balaban J connectivity index is 3.15. The van der Waals surface area contributed by atoms with Gasteiger partial charge in [0.05, 0.1) is 0 Å². The van der Waals surface area contributed by atoms with Gasteiger partial charge in [0.25, 0.3) is 0 Å². The Hall–Kier alpha value is -1.34. The van der Waals surface area contributed by atoms with Crippen molar-refractivity contribution in [2.24, 2.45) is 5.84 Å². The van der Waals surface area contributed by atoms with E-state index in [9.17, 15) is 4.79 Å². The molecular formula is C6H8N4O2S. The smallest absolute Gasteiger partial charge is 0.341 e. The first-order chi connectivity index (χ1) is 6.19. The highest BCUT2D eigenvalue weighted by atomic mass is 32.2. The van der Waals surface area contributed by atoms with Crippen LogP contribution in [0.1, 0.15) is 10.4 Å². The number of carboxylic acids is 1. The predicted octanol–water partition coefficient (Wildman–Crippen LogP) is 0.182. The van der Waals surface area contributed by atoms with E-state index in [1.807, 2.05) is 0 Å². The number of hydrogen-bond donors (Lipinski definition) is 3. The van der Waals surface area contributed by atoms with Gasteiger partial charge in [0, 0.05) is 6.20 Å². The van der Waals surface area contributed by atoms with Gasteiger partial charge in [-0.05, 0) is 6.26 Å². The molecule has 0 aliphatic heterocycles. The highest BCUT2D eigenvalue weighted by molar-refractivity contribution is 7.98. The van der Waals surface area contributed by atoms with Crippen LogP contribution in [0.4, 0.5) is 5.82 Å². The van der Waals surface area contributed by atoms with Crippen LogP contribution in [0.2, 0.25) is 0 Å². The maximum atomic E-state index is 10.6. The molecule has 1 aromatic rings. The van der Waals surface area contributed by atoms with E-state index in [0.29, 0.717) is 5.16 Å². The molecule has 0 aliphatic carbocycles. The van der Waals surface area contributed by atoms with Crippen molar-refractivity contribution in [3.05, 3.63) is 11.8 Å². The van der Waals surface area contributed by atoms with Crippen molar-refractivity contribution in [2.45, 2.75) is 5.16 Å². The molecule has 0 aliphatic rings. The summed E-state index contributed by atoms with van der Waals surface area (Å²) in [7, 11) is 0. The summed E-state index contributed by atoms with van der Waals surface area (Å²) in [4.78, 5) is 18.3. The van der Waals surface area contributed by atoms with E-state index in [1.165, 1.54) is 18.0 Å². The Kier molecular flexibility index (Phi) is 3.04. The SMILES string of the molecule is CSc1ncc(C(=O)O)c(NN)n1. The zero-order chi connectivity index (χ0) is 9.84. The summed E-state index contributed by atoms with van der Waals surface area (Å²) >= 11 is 1.31. The number of thioether (sulfide) groups is 1. The number of anilines is 1. The molecule has 0 radical (unpaired) electrons. The van der Waals surface area contributed by atoms with Crippen molar-refractivity contribution in [2.75, 3.05) is 11.7 Å². The molecule has 0 atom stereocenters. The number of nitrogens with two attached hydrogens (primary N) is 1. The van der Waals surface area contributed by atoms with Crippen molar-refractivity contribution in [1.29, 1.82) is 0 Å². The number of rotatable bonds is 3. The van der Waals surface area contributed by atoms with Gasteiger partial charge in [0.1, 0.15) is 5.56 Å². The predicted molar refractivity (Wildman–Crippen MR) is 48.6 cm³/mol. The summed E-state index contributed by atoms with van der Waals surface area (Å²) in [6.45, 7) is 0. The van der Waals surface area contributed by atoms with E-state index in [2.05, 4.69) is 15.4 Å². The molecular weight excluding hydrogens is 192 g/mol. The molecule has 4 N–H and O–H groups in total. The molecule has 0 saturated heterocycles. The molecule has 70 valence electrons. The van der Waals surface area contributed by atoms with Gasteiger partial charge in [-0.25, -0.2) is 20.6 Å². The molecule has 0 bridgehead atoms. The van der Waals surface area contributed by atoms with Gasteiger partial charge in [-0.2, -0.15) is 0 Å². The summed E-state index contributed by atoms with van der Waals surface area (Å²) in [5.74, 6) is 4.11. The molecule has 1 heterocycles. The average Bonchev–Trinajstić information content (AvgIpc) is 2.16. The van der Waals surface area contributed by atoms with Crippen LogP contribution in [-0.2, 0) is 0 Å². The molecule has 0 amide bonds. The summed E-state index contributed by atoms with van der Waals surface area (Å²) < 4.78 is 0. The first kappa shape index (κ1) is 9.75. The van der Waals surface area contributed by atoms with Crippen LogP contribution in [0, 0.1) is 0 Å². The topological polar surface area (TPSA) is 101 Å². The Morgan fingerprint density at radius 2 is 2.46 bits per heavy atom. The number of aromatic carboxylic acids is 1. The molecule has 1 aromatic heterocycles. The standard InChI is InChI=1S/C6H8N4O2S/c1-13-6-8-2-3(5(11)12)4(9-6)10-7/h2H,7H2,1H3,(H,11,12)(H,8,9,10). The van der Waals surface area contributed by atoms with Crippen molar-refractivity contribution in [3.63, 3.8) is 0 Å². The highest BCUT2D eigenvalue weighted by Crippen LogP contribution is 2.15. The fourth-order valence-electron chi connectivity index (χ4n) is 0.731. The van der Waals surface area contributed by atoms with Gasteiger partial charge in [-0.3, -0.25) is 0 Å². The third-order valence-corrected chi connectivity index (χ3v) is 1.88. The minimum atomic E-state index is -1.11. The van der Waals surface area contributed by atoms with Crippen LogP contribution >= 0.6 is 11.8 Å². The number of carboxylic acid groups (broad SMARTS) is 1. The second-order valence-corrected chi connectivity index (χ2v) is 2.84. The van der Waals surface area contributed by atoms with Crippen LogP contribution < -0.4 is 11.3 Å². The van der Waals surface area contributed by atoms with Crippen LogP contribution in [-0.4, -0.2) is 27.3 Å². The molecule has 6 nitrogen and oxygen atoms in total. The van der Waals surface area contributed by atoms with E-state index >= 15 is 0 Å². The summed E-state index contributed by atoms with van der Waals surface area (Å²) in [5.41, 5.74) is 2.16. The lowest BCUT2D eigenvalue weighted by atomic mass is 10.3. The zero-order valence-electron chi connectivity index (χ0n) is 6.81. The van der Waals surface area contributed by atoms with E-state index in [4.69, 9.17) is 10.9 Å². The number of aromatic nitrogens is 2. The van der Waals surface area contributed by atoms with Crippen LogP contribution in [0.25, 0.3) is 0 Å². The fraction of sp³-hybridized carbons (Fsp3) is 0.167. The molecule has 1 rings (SSSR count). The Bertz CT molecular complexity index is 330. The lowest BCUT2D eigenvalue weighted by Crippen LogP contribution is -2.14. The summed E-state index contributed by atoms with van der Waals surface area (Å²) in [6, 6.07) is 0. The molecule has 0 saturated carbocycles. The summed E-state index contributed by atoms with van der Waals surface area (Å²) in [5, 5.41) is 9.15. The second kappa shape index (κ2) is 4.06. The molecule has 0 spiro atoms. The molecule has 0 fully saturated rings. The van der Waals surface area contributed by atoms with Gasteiger partial charge in [-0.15, -0.1) is 0 Å². The maximum absolute atomic E-state index is 10.6. The second-order valence-electron chi connectivity index (χ2n) is 2.07. The van der Waals surface area contributed by atoms with E-state index in [1.54, 1.807) is 6.26 Å². The number of hydrogen-bond acceptors (Lipinski definition) is 6. The molecule has 7 heteroatoms. The number of nitrogen functional groups attached to an aromatic ring is 1. The Morgan fingerprint density at radius 1 is 1.77 bits per heavy atom. The third kappa shape index (κ3) is 2.07. The molecule has 13 heavy (non-hydrogen) atoms. The first-order valence-corrected chi connectivity index (χ1v) is 4.52. The normalized spacial score (nSPS) is 9.69. The zero-order valence-corrected chi connectivity index (χ0v) is 7.63. The molecule has 0 unspecified atom stereocenters. The average molecular weight is 200 g/mol. The minimum absolute atomic E-state index is 0.0414. The fourth-order valence-corrected chi connectivity index (χ4v) is 1.07. The van der Waals surface area contributed by atoms with Gasteiger partial charge in [0.15, 0.2) is 11.0 Å². The van der Waals surface area contributed by atoms with Crippen molar-refractivity contribution < 1.29 is 9.90 Å². The largest absolute Gasteiger partial charge is 0.477 e. The van der Waals surface area contributed by atoms with E-state index in [0.717, 1.165) is 0 Å². The quantitative estimate of drug-likeness (QED) is 0.277. The minimum Gasteiger partial charge on any atom is -0.477 e. The number of nitrogens with one attached hydrogen (secondary N) is 1. The monoisotopic (exact) mass is 200 g/mol. The van der Waals surface area contributed by atoms with Gasteiger partial charge in [0.2, 0.25) is 0 Å². The van der Waals surface area contributed by atoms with Gasteiger partial charge >= 0.3 is 5.97 Å².